The molecule has 1 atom stereocenters. The van der Waals surface area contributed by atoms with Gasteiger partial charge in [-0.3, -0.25) is 4.79 Å². The van der Waals surface area contributed by atoms with Gasteiger partial charge in [0.1, 0.15) is 0 Å². The van der Waals surface area contributed by atoms with E-state index in [0.29, 0.717) is 13.0 Å². The Bertz CT molecular complexity index is 609. The van der Waals surface area contributed by atoms with Crippen molar-refractivity contribution in [3.05, 3.63) is 35.5 Å². The molecule has 0 aliphatic heterocycles. The van der Waals surface area contributed by atoms with Gasteiger partial charge in [-0.2, -0.15) is 0 Å². The molecule has 2 N–H and O–H groups in total. The number of nitrogens with one attached hydrogen (secondary N) is 1. The van der Waals surface area contributed by atoms with Crippen LogP contribution in [0.2, 0.25) is 5.02 Å². The fourth-order valence-corrected chi connectivity index (χ4v) is 2.40. The number of hydrogen-bond donors (Lipinski definition) is 2. The number of carbonyl (C=O) groups is 1. The molecule has 0 radical (unpaired) electrons. The van der Waals surface area contributed by atoms with Gasteiger partial charge in [0.25, 0.3) is 0 Å². The smallest absolute Gasteiger partial charge is 0.220 e. The summed E-state index contributed by atoms with van der Waals surface area (Å²) in [5.41, 5.74) is 1.13. The van der Waals surface area contributed by atoms with Crippen molar-refractivity contribution in [3.63, 3.8) is 0 Å². The van der Waals surface area contributed by atoms with Gasteiger partial charge in [-0.1, -0.05) is 18.5 Å². The highest BCUT2D eigenvalue weighted by Crippen LogP contribution is 2.20. The topological polar surface area (TPSA) is 54.3 Å². The molecule has 2 aromatic rings. The lowest BCUT2D eigenvalue weighted by Gasteiger charge is -2.10. The molecule has 0 aliphatic rings. The van der Waals surface area contributed by atoms with E-state index in [1.807, 2.05) is 37.4 Å². The van der Waals surface area contributed by atoms with Gasteiger partial charge in [0.2, 0.25) is 5.91 Å². The lowest BCUT2D eigenvalue weighted by atomic mass is 10.2. The van der Waals surface area contributed by atoms with E-state index in [9.17, 15) is 4.79 Å². The van der Waals surface area contributed by atoms with Crippen LogP contribution in [0.4, 0.5) is 0 Å². The molecule has 0 fully saturated rings. The second-order valence-corrected chi connectivity index (χ2v) is 5.84. The van der Waals surface area contributed by atoms with Crippen molar-refractivity contribution in [1.82, 2.24) is 9.88 Å². The van der Waals surface area contributed by atoms with Crippen LogP contribution in [0.25, 0.3) is 10.9 Å². The Balaban J connectivity index is 1.81. The minimum absolute atomic E-state index is 0.0369. The van der Waals surface area contributed by atoms with Gasteiger partial charge in [-0.25, -0.2) is 0 Å². The molecule has 1 aromatic heterocycles. The van der Waals surface area contributed by atoms with Gasteiger partial charge in [0.05, 0.1) is 0 Å². The number of aliphatic hydroxyl groups is 1. The lowest BCUT2D eigenvalue weighted by molar-refractivity contribution is -0.121. The average Bonchev–Trinajstić information content (AvgIpc) is 2.87. The Kier molecular flexibility index (Phi) is 5.65. The third-order valence-electron chi connectivity index (χ3n) is 3.50. The maximum atomic E-state index is 11.7. The van der Waals surface area contributed by atoms with Gasteiger partial charge in [0.15, 0.2) is 0 Å². The third-order valence-corrected chi connectivity index (χ3v) is 3.73. The highest BCUT2D eigenvalue weighted by atomic mass is 35.5. The number of rotatable bonds is 7. The first-order valence-electron chi connectivity index (χ1n) is 7.22. The van der Waals surface area contributed by atoms with Crippen LogP contribution in [0.15, 0.2) is 30.5 Å². The molecule has 21 heavy (non-hydrogen) atoms. The molecule has 0 saturated carbocycles. The van der Waals surface area contributed by atoms with Crippen molar-refractivity contribution in [2.75, 3.05) is 13.2 Å². The first kappa shape index (κ1) is 15.9. The van der Waals surface area contributed by atoms with Crippen LogP contribution in [0.5, 0.6) is 0 Å². The van der Waals surface area contributed by atoms with Crippen molar-refractivity contribution >= 4 is 28.4 Å². The van der Waals surface area contributed by atoms with Gasteiger partial charge in [0, 0.05) is 48.2 Å². The van der Waals surface area contributed by atoms with Crippen LogP contribution in [0.1, 0.15) is 19.8 Å². The summed E-state index contributed by atoms with van der Waals surface area (Å²) in [7, 11) is 0. The summed E-state index contributed by atoms with van der Waals surface area (Å²) in [4.78, 5) is 11.7. The fraction of sp³-hybridized carbons (Fsp3) is 0.438. The minimum Gasteiger partial charge on any atom is -0.396 e. The summed E-state index contributed by atoms with van der Waals surface area (Å²) >= 11 is 5.97. The molecular formula is C16H21ClN2O2. The average molecular weight is 309 g/mol. The molecule has 0 saturated heterocycles. The second kappa shape index (κ2) is 7.48. The third kappa shape index (κ3) is 4.48. The number of fused-ring (bicyclic) bond motifs is 1. The predicted molar refractivity (Wildman–Crippen MR) is 85.4 cm³/mol. The van der Waals surface area contributed by atoms with Gasteiger partial charge in [-0.15, -0.1) is 0 Å². The number of amides is 1. The quantitative estimate of drug-likeness (QED) is 0.826. The molecule has 114 valence electrons. The van der Waals surface area contributed by atoms with Crippen LogP contribution in [0.3, 0.4) is 0 Å². The monoisotopic (exact) mass is 308 g/mol. The Morgan fingerprint density at radius 2 is 2.24 bits per heavy atom. The summed E-state index contributed by atoms with van der Waals surface area (Å²) in [5, 5.41) is 13.6. The van der Waals surface area contributed by atoms with Crippen LogP contribution in [-0.4, -0.2) is 28.7 Å². The second-order valence-electron chi connectivity index (χ2n) is 5.41. The first-order valence-corrected chi connectivity index (χ1v) is 7.60. The van der Waals surface area contributed by atoms with E-state index in [1.165, 1.54) is 0 Å². The Labute approximate surface area is 129 Å². The van der Waals surface area contributed by atoms with Gasteiger partial charge in [-0.05, 0) is 36.6 Å². The first-order chi connectivity index (χ1) is 10.1. The van der Waals surface area contributed by atoms with Crippen LogP contribution >= 0.6 is 11.6 Å². The summed E-state index contributed by atoms with van der Waals surface area (Å²) in [6, 6.07) is 7.85. The summed E-state index contributed by atoms with van der Waals surface area (Å²) in [6.07, 6.45) is 3.30. The van der Waals surface area contributed by atoms with E-state index in [0.717, 1.165) is 28.9 Å². The minimum atomic E-state index is 0.0369. The van der Waals surface area contributed by atoms with Crippen molar-refractivity contribution in [2.24, 2.45) is 5.92 Å². The summed E-state index contributed by atoms with van der Waals surface area (Å²) < 4.78 is 2.13. The Morgan fingerprint density at radius 3 is 3.00 bits per heavy atom. The van der Waals surface area contributed by atoms with Gasteiger partial charge < -0.3 is 15.0 Å². The number of nitrogens with zero attached hydrogens (tertiary/aromatic N) is 1. The van der Waals surface area contributed by atoms with Gasteiger partial charge >= 0.3 is 0 Å². The number of carbonyl (C=O) groups excluding carboxylic acids is 1. The maximum absolute atomic E-state index is 11.7. The molecular weight excluding hydrogens is 288 g/mol. The normalized spacial score (nSPS) is 12.5. The number of benzene rings is 1. The lowest BCUT2D eigenvalue weighted by Crippen LogP contribution is -2.29. The zero-order valence-corrected chi connectivity index (χ0v) is 12.9. The van der Waals surface area contributed by atoms with E-state index >= 15 is 0 Å². The largest absolute Gasteiger partial charge is 0.396 e. The van der Waals surface area contributed by atoms with Crippen LogP contribution < -0.4 is 5.32 Å². The zero-order chi connectivity index (χ0) is 15.2. The number of halogens is 1. The van der Waals surface area contributed by atoms with Crippen molar-refractivity contribution in [2.45, 2.75) is 26.3 Å². The molecule has 1 heterocycles. The van der Waals surface area contributed by atoms with E-state index in [1.54, 1.807) is 0 Å². The molecule has 0 spiro atoms. The molecule has 0 bridgehead atoms. The Hall–Kier alpha value is -1.52. The van der Waals surface area contributed by atoms with Crippen LogP contribution in [0, 0.1) is 5.92 Å². The molecule has 2 rings (SSSR count). The summed E-state index contributed by atoms with van der Waals surface area (Å²) in [6.45, 7) is 3.32. The van der Waals surface area contributed by atoms with Crippen molar-refractivity contribution < 1.29 is 9.90 Å². The molecule has 0 aliphatic carbocycles. The zero-order valence-electron chi connectivity index (χ0n) is 12.2. The number of aromatic nitrogens is 1. The van der Waals surface area contributed by atoms with Crippen molar-refractivity contribution in [3.8, 4) is 0 Å². The van der Waals surface area contributed by atoms with E-state index in [2.05, 4.69) is 9.88 Å². The highest BCUT2D eigenvalue weighted by molar-refractivity contribution is 6.31. The van der Waals surface area contributed by atoms with Crippen molar-refractivity contribution in [1.29, 1.82) is 0 Å². The standard InChI is InChI=1S/C16H21ClN2O2/c1-12(11-20)10-18-16(21)3-2-7-19-8-6-13-9-14(17)4-5-15(13)19/h4-6,8-9,12,20H,2-3,7,10-11H2,1H3,(H,18,21). The highest BCUT2D eigenvalue weighted by Gasteiger charge is 2.06. The Morgan fingerprint density at radius 1 is 1.43 bits per heavy atom. The number of aryl methyl sites for hydroxylation is 1. The predicted octanol–water partition coefficient (Wildman–Crippen LogP) is 2.82. The number of aliphatic hydroxyl groups excluding tert-OH is 1. The van der Waals surface area contributed by atoms with E-state index in [-0.39, 0.29) is 18.4 Å². The SMILES string of the molecule is CC(CO)CNC(=O)CCCn1ccc2cc(Cl)ccc21. The number of hydrogen-bond acceptors (Lipinski definition) is 2. The molecule has 5 heteroatoms. The molecule has 1 aromatic carbocycles. The molecule has 1 unspecified atom stereocenters. The molecule has 4 nitrogen and oxygen atoms in total. The summed E-state index contributed by atoms with van der Waals surface area (Å²) in [5.74, 6) is 0.141. The fourth-order valence-electron chi connectivity index (χ4n) is 2.22. The molecule has 1 amide bonds. The van der Waals surface area contributed by atoms with Crippen LogP contribution in [-0.2, 0) is 11.3 Å². The van der Waals surface area contributed by atoms with E-state index < -0.39 is 0 Å². The maximum Gasteiger partial charge on any atom is 0.220 e. The van der Waals surface area contributed by atoms with E-state index in [4.69, 9.17) is 16.7 Å².